The number of nitrogens with zero attached hydrogens (tertiary/aromatic N) is 2. The van der Waals surface area contributed by atoms with Crippen LogP contribution >= 0.6 is 0 Å². The molecule has 10 heteroatoms. The highest BCUT2D eigenvalue weighted by Crippen LogP contribution is 2.46. The molecule has 3 aromatic rings. The average molecular weight is 588 g/mol. The first-order chi connectivity index (χ1) is 20.8. The van der Waals surface area contributed by atoms with Crippen molar-refractivity contribution in [3.05, 3.63) is 76.8 Å². The molecule has 1 aliphatic heterocycles. The van der Waals surface area contributed by atoms with E-state index in [-0.39, 0.29) is 18.1 Å². The van der Waals surface area contributed by atoms with Crippen LogP contribution in [-0.2, 0) is 11.3 Å². The van der Waals surface area contributed by atoms with Crippen LogP contribution in [0.2, 0.25) is 0 Å². The quantitative estimate of drug-likeness (QED) is 0.370. The van der Waals surface area contributed by atoms with E-state index in [1.807, 2.05) is 56.4 Å². The van der Waals surface area contributed by atoms with Gasteiger partial charge in [-0.15, -0.1) is 0 Å². The monoisotopic (exact) mass is 587 g/mol. The van der Waals surface area contributed by atoms with Crippen molar-refractivity contribution in [3.63, 3.8) is 0 Å². The number of fused-ring (bicyclic) bond motifs is 1. The molecule has 1 N–H and O–H groups in total. The SMILES string of the molecule is COc1ccc2c(c1)C(CC(=O)NCc1ccco1)=C(C)C2=Cc1cc(OC)c(OC(=O)N2CCN(C)CC2)c(OC)c1. The molecule has 0 radical (unpaired) electrons. The number of ether oxygens (including phenoxy) is 4. The molecule has 0 spiro atoms. The molecule has 0 bridgehead atoms. The Balaban J connectivity index is 1.45. The van der Waals surface area contributed by atoms with Gasteiger partial charge in [-0.2, -0.15) is 0 Å². The van der Waals surface area contributed by atoms with Crippen LogP contribution in [0.4, 0.5) is 4.79 Å². The summed E-state index contributed by atoms with van der Waals surface area (Å²) < 4.78 is 27.9. The number of piperazine rings is 1. The summed E-state index contributed by atoms with van der Waals surface area (Å²) in [5.74, 6) is 2.26. The van der Waals surface area contributed by atoms with Crippen LogP contribution in [0.3, 0.4) is 0 Å². The molecule has 43 heavy (non-hydrogen) atoms. The van der Waals surface area contributed by atoms with Crippen molar-refractivity contribution >= 4 is 29.2 Å². The van der Waals surface area contributed by atoms with E-state index in [0.717, 1.165) is 46.5 Å². The average Bonchev–Trinajstić information content (AvgIpc) is 3.63. The number of hydrogen-bond donors (Lipinski definition) is 1. The first-order valence-electron chi connectivity index (χ1n) is 14.1. The van der Waals surface area contributed by atoms with Crippen LogP contribution in [-0.4, -0.2) is 76.4 Å². The van der Waals surface area contributed by atoms with E-state index in [0.29, 0.717) is 42.6 Å². The number of nitrogens with one attached hydrogen (secondary N) is 1. The number of rotatable bonds is 9. The van der Waals surface area contributed by atoms with Gasteiger partial charge in [0.2, 0.25) is 11.7 Å². The Bertz CT molecular complexity index is 1530. The molecule has 1 aromatic heterocycles. The van der Waals surface area contributed by atoms with E-state index in [4.69, 9.17) is 23.4 Å². The Morgan fingerprint density at radius 2 is 1.67 bits per heavy atom. The van der Waals surface area contributed by atoms with Gasteiger partial charge in [0, 0.05) is 26.2 Å². The Morgan fingerprint density at radius 1 is 0.953 bits per heavy atom. The van der Waals surface area contributed by atoms with E-state index in [2.05, 4.69) is 10.2 Å². The lowest BCUT2D eigenvalue weighted by molar-refractivity contribution is -0.120. The molecule has 1 saturated heterocycles. The number of amides is 2. The molecule has 1 aliphatic carbocycles. The van der Waals surface area contributed by atoms with Gasteiger partial charge in [0.25, 0.3) is 0 Å². The summed E-state index contributed by atoms with van der Waals surface area (Å²) in [6.07, 6.45) is 3.35. The number of allylic oxidation sites excluding steroid dienone is 2. The van der Waals surface area contributed by atoms with Crippen LogP contribution in [0.5, 0.6) is 23.0 Å². The lowest BCUT2D eigenvalue weighted by Gasteiger charge is -2.31. The van der Waals surface area contributed by atoms with Gasteiger partial charge < -0.3 is 38.5 Å². The summed E-state index contributed by atoms with van der Waals surface area (Å²) in [5, 5.41) is 2.94. The second-order valence-electron chi connectivity index (χ2n) is 10.5. The van der Waals surface area contributed by atoms with Crippen molar-refractivity contribution in [2.24, 2.45) is 0 Å². The second kappa shape index (κ2) is 13.1. The van der Waals surface area contributed by atoms with E-state index < -0.39 is 6.09 Å². The topological polar surface area (TPSA) is 103 Å². The zero-order valence-corrected chi connectivity index (χ0v) is 25.2. The molecular weight excluding hydrogens is 550 g/mol. The molecule has 226 valence electrons. The van der Waals surface area contributed by atoms with Crippen molar-refractivity contribution < 1.29 is 33.0 Å². The van der Waals surface area contributed by atoms with Gasteiger partial charge in [-0.05, 0) is 89.9 Å². The molecule has 0 atom stereocenters. The van der Waals surface area contributed by atoms with Crippen LogP contribution in [0.1, 0.15) is 35.8 Å². The van der Waals surface area contributed by atoms with Crippen molar-refractivity contribution in [2.75, 3.05) is 54.6 Å². The number of carbonyl (C=O) groups is 2. The number of likely N-dealkylation sites (N-methyl/N-ethyl adjacent to an activating group) is 1. The fraction of sp³-hybridized carbons (Fsp3) is 0.333. The largest absolute Gasteiger partial charge is 0.497 e. The standard InChI is InChI=1S/C33H37N3O7/c1-21-26(25-9-8-23(39-3)18-28(25)27(21)19-31(37)34-20-24-7-6-14-42-24)15-22-16-29(40-4)32(30(17-22)41-5)43-33(38)36-12-10-35(2)11-13-36/h6-9,14-18H,10-13,19-20H2,1-5H3,(H,34,37). The van der Waals surface area contributed by atoms with Crippen LogP contribution in [0.25, 0.3) is 17.2 Å². The Labute approximate surface area is 251 Å². The highest BCUT2D eigenvalue weighted by Gasteiger charge is 2.27. The molecule has 1 fully saturated rings. The Hall–Kier alpha value is -4.70. The predicted octanol–water partition coefficient (Wildman–Crippen LogP) is 5.09. The first kappa shape index (κ1) is 29.8. The summed E-state index contributed by atoms with van der Waals surface area (Å²) >= 11 is 0. The maximum atomic E-state index is 13.0. The number of hydrogen-bond acceptors (Lipinski definition) is 8. The summed E-state index contributed by atoms with van der Waals surface area (Å²) in [6.45, 7) is 5.06. The zero-order valence-electron chi connectivity index (χ0n) is 25.2. The Kier molecular flexibility index (Phi) is 9.06. The van der Waals surface area contributed by atoms with Gasteiger partial charge in [-0.3, -0.25) is 4.79 Å². The van der Waals surface area contributed by atoms with Gasteiger partial charge in [-0.25, -0.2) is 4.79 Å². The molecule has 2 aromatic carbocycles. The minimum absolute atomic E-state index is 0.115. The minimum Gasteiger partial charge on any atom is -0.497 e. The molecular formula is C33H37N3O7. The van der Waals surface area contributed by atoms with Crippen LogP contribution in [0, 0.1) is 0 Å². The van der Waals surface area contributed by atoms with E-state index in [1.54, 1.807) is 24.3 Å². The van der Waals surface area contributed by atoms with Gasteiger partial charge >= 0.3 is 6.09 Å². The van der Waals surface area contributed by atoms with E-state index >= 15 is 0 Å². The fourth-order valence-electron chi connectivity index (χ4n) is 5.33. The third-order valence-electron chi connectivity index (χ3n) is 7.82. The van der Waals surface area contributed by atoms with Crippen LogP contribution in [0.15, 0.2) is 58.7 Å². The van der Waals surface area contributed by atoms with Gasteiger partial charge in [0.05, 0.1) is 40.6 Å². The van der Waals surface area contributed by atoms with Gasteiger partial charge in [0.1, 0.15) is 11.5 Å². The van der Waals surface area contributed by atoms with Crippen molar-refractivity contribution in [2.45, 2.75) is 19.9 Å². The highest BCUT2D eigenvalue weighted by atomic mass is 16.6. The molecule has 2 heterocycles. The first-order valence-corrected chi connectivity index (χ1v) is 14.1. The van der Waals surface area contributed by atoms with E-state index in [9.17, 15) is 9.59 Å². The van der Waals surface area contributed by atoms with Crippen molar-refractivity contribution in [3.8, 4) is 23.0 Å². The molecule has 0 saturated carbocycles. The zero-order chi connectivity index (χ0) is 30.5. The number of carbonyl (C=O) groups excluding carboxylic acids is 2. The maximum Gasteiger partial charge on any atom is 0.415 e. The smallest absolute Gasteiger partial charge is 0.415 e. The minimum atomic E-state index is -0.441. The number of furan rings is 1. The molecule has 2 amide bonds. The fourth-order valence-corrected chi connectivity index (χ4v) is 5.33. The maximum absolute atomic E-state index is 13.0. The Morgan fingerprint density at radius 3 is 2.30 bits per heavy atom. The summed E-state index contributed by atoms with van der Waals surface area (Å²) in [5.41, 5.74) is 5.54. The molecule has 10 nitrogen and oxygen atoms in total. The highest BCUT2D eigenvalue weighted by molar-refractivity contribution is 6.08. The summed E-state index contributed by atoms with van der Waals surface area (Å²) in [4.78, 5) is 29.8. The van der Waals surface area contributed by atoms with E-state index in [1.165, 1.54) is 14.2 Å². The number of methoxy groups -OCH3 is 3. The van der Waals surface area contributed by atoms with Crippen molar-refractivity contribution in [1.29, 1.82) is 0 Å². The summed E-state index contributed by atoms with van der Waals surface area (Å²) in [7, 11) is 6.70. The third-order valence-corrected chi connectivity index (χ3v) is 7.82. The van der Waals surface area contributed by atoms with Crippen molar-refractivity contribution in [1.82, 2.24) is 15.1 Å². The summed E-state index contributed by atoms with van der Waals surface area (Å²) in [6, 6.07) is 13.1. The van der Waals surface area contributed by atoms with Gasteiger partial charge in [0.15, 0.2) is 11.5 Å². The molecule has 5 rings (SSSR count). The van der Waals surface area contributed by atoms with Crippen LogP contribution < -0.4 is 24.3 Å². The lowest BCUT2D eigenvalue weighted by Crippen LogP contribution is -2.48. The second-order valence-corrected chi connectivity index (χ2v) is 10.5. The normalized spacial score (nSPS) is 15.8. The van der Waals surface area contributed by atoms with Gasteiger partial charge in [-0.1, -0.05) is 6.07 Å². The molecule has 2 aliphatic rings. The lowest BCUT2D eigenvalue weighted by atomic mass is 10.00. The predicted molar refractivity (Wildman–Crippen MR) is 163 cm³/mol. The third kappa shape index (κ3) is 6.54. The number of benzene rings is 2. The molecule has 0 unspecified atom stereocenters.